The van der Waals surface area contributed by atoms with Gasteiger partial charge in [0.1, 0.15) is 12.6 Å². The minimum absolute atomic E-state index is 0.0477. The number of nitrogens with zero attached hydrogens (tertiary/aromatic N) is 4. The van der Waals surface area contributed by atoms with E-state index in [0.717, 1.165) is 16.8 Å². The molecule has 1 aliphatic rings. The van der Waals surface area contributed by atoms with Crippen LogP contribution in [0.25, 0.3) is 0 Å². The smallest absolute Gasteiger partial charge is 0.248 e. The van der Waals surface area contributed by atoms with Crippen LogP contribution in [0, 0.1) is 0 Å². The van der Waals surface area contributed by atoms with Crippen molar-refractivity contribution < 1.29 is 14.3 Å². The second kappa shape index (κ2) is 8.36. The lowest BCUT2D eigenvalue weighted by Crippen LogP contribution is -2.27. The maximum atomic E-state index is 12.4. The van der Waals surface area contributed by atoms with Gasteiger partial charge in [0.25, 0.3) is 0 Å². The van der Waals surface area contributed by atoms with Crippen molar-refractivity contribution in [3.63, 3.8) is 0 Å². The van der Waals surface area contributed by atoms with Crippen molar-refractivity contribution in [1.82, 2.24) is 20.2 Å². The molecule has 0 saturated heterocycles. The van der Waals surface area contributed by atoms with Gasteiger partial charge in [-0.15, -0.1) is 0 Å². The summed E-state index contributed by atoms with van der Waals surface area (Å²) >= 11 is 0. The fourth-order valence-electron chi connectivity index (χ4n) is 3.59. The molecule has 1 atom stereocenters. The fourth-order valence-corrected chi connectivity index (χ4v) is 3.59. The molecule has 0 radical (unpaired) electrons. The predicted molar refractivity (Wildman–Crippen MR) is 111 cm³/mol. The predicted octanol–water partition coefficient (Wildman–Crippen LogP) is 3.53. The van der Waals surface area contributed by atoms with Crippen molar-refractivity contribution in [2.75, 3.05) is 11.9 Å². The van der Waals surface area contributed by atoms with Crippen LogP contribution in [0.15, 0.2) is 59.8 Å². The molecule has 0 spiro atoms. The zero-order chi connectivity index (χ0) is 21.1. The van der Waals surface area contributed by atoms with Crippen molar-refractivity contribution in [2.45, 2.75) is 33.4 Å². The number of hydrogen-bond donors (Lipinski definition) is 1. The molecule has 0 amide bonds. The molecule has 0 bridgehead atoms. The minimum Gasteiger partial charge on any atom is -0.490 e. The summed E-state index contributed by atoms with van der Waals surface area (Å²) in [5, 5.41) is 14.9. The van der Waals surface area contributed by atoms with Gasteiger partial charge in [-0.2, -0.15) is 4.68 Å². The average molecular weight is 405 g/mol. The minimum atomic E-state index is -0.448. The first-order valence-electron chi connectivity index (χ1n) is 9.78. The number of ether oxygens (including phenoxy) is 2. The van der Waals surface area contributed by atoms with E-state index < -0.39 is 6.04 Å². The van der Waals surface area contributed by atoms with E-state index in [1.807, 2.05) is 62.4 Å². The molecule has 154 valence electrons. The Kier molecular flexibility index (Phi) is 5.47. The van der Waals surface area contributed by atoms with Crippen LogP contribution in [-0.2, 0) is 11.4 Å². The van der Waals surface area contributed by atoms with Crippen molar-refractivity contribution in [3.8, 4) is 11.5 Å². The van der Waals surface area contributed by atoms with Crippen LogP contribution >= 0.6 is 0 Å². The van der Waals surface area contributed by atoms with Gasteiger partial charge in [0.15, 0.2) is 17.3 Å². The number of anilines is 1. The number of rotatable bonds is 7. The van der Waals surface area contributed by atoms with Crippen LogP contribution in [0.5, 0.6) is 11.5 Å². The van der Waals surface area contributed by atoms with Crippen LogP contribution < -0.4 is 14.8 Å². The third-order valence-corrected chi connectivity index (χ3v) is 4.91. The van der Waals surface area contributed by atoms with E-state index in [1.165, 1.54) is 0 Å². The van der Waals surface area contributed by atoms with E-state index in [2.05, 4.69) is 20.8 Å². The van der Waals surface area contributed by atoms with Gasteiger partial charge in [-0.1, -0.05) is 41.5 Å². The number of carbonyl (C=O) groups is 1. The van der Waals surface area contributed by atoms with E-state index in [4.69, 9.17) is 9.47 Å². The Morgan fingerprint density at radius 2 is 1.93 bits per heavy atom. The number of allylic oxidation sites excluding steroid dienone is 2. The Morgan fingerprint density at radius 1 is 1.13 bits per heavy atom. The van der Waals surface area contributed by atoms with Crippen molar-refractivity contribution in [2.24, 2.45) is 0 Å². The number of aromatic nitrogens is 4. The molecule has 1 N–H and O–H groups in total. The molecule has 0 aliphatic carbocycles. The molecule has 8 heteroatoms. The SMILES string of the molecule is CCOc1cc(C2C(C(C)=O)=C(C)Nc3nnnn32)ccc1OCc1ccccc1. The summed E-state index contributed by atoms with van der Waals surface area (Å²) in [6, 6.07) is 15.2. The highest BCUT2D eigenvalue weighted by atomic mass is 16.5. The molecule has 2 aromatic carbocycles. The molecule has 4 rings (SSSR count). The van der Waals surface area contributed by atoms with Gasteiger partial charge >= 0.3 is 0 Å². The number of nitrogens with one attached hydrogen (secondary N) is 1. The largest absolute Gasteiger partial charge is 0.490 e. The molecule has 3 aromatic rings. The third-order valence-electron chi connectivity index (χ3n) is 4.91. The van der Waals surface area contributed by atoms with Gasteiger partial charge in [-0.25, -0.2) is 0 Å². The Bertz CT molecular complexity index is 1090. The summed E-state index contributed by atoms with van der Waals surface area (Å²) in [6.45, 7) is 6.24. The highest BCUT2D eigenvalue weighted by molar-refractivity contribution is 5.96. The fraction of sp³-hybridized carbons (Fsp3) is 0.273. The molecule has 1 aromatic heterocycles. The molecule has 1 aliphatic heterocycles. The first-order valence-corrected chi connectivity index (χ1v) is 9.78. The number of Topliss-reactive ketones (excluding diaryl/α,β-unsaturated/α-hetero) is 1. The number of benzene rings is 2. The van der Waals surface area contributed by atoms with Crippen LogP contribution in [-0.4, -0.2) is 32.6 Å². The lowest BCUT2D eigenvalue weighted by atomic mass is 9.93. The van der Waals surface area contributed by atoms with Gasteiger partial charge in [-0.3, -0.25) is 4.79 Å². The molecule has 0 saturated carbocycles. The van der Waals surface area contributed by atoms with Crippen molar-refractivity contribution >= 4 is 11.7 Å². The topological polar surface area (TPSA) is 91.2 Å². The molecule has 30 heavy (non-hydrogen) atoms. The number of fused-ring (bicyclic) bond motifs is 1. The van der Waals surface area contributed by atoms with Gasteiger partial charge in [0, 0.05) is 11.3 Å². The molecule has 2 heterocycles. The highest BCUT2D eigenvalue weighted by Gasteiger charge is 2.32. The number of carbonyl (C=O) groups excluding carboxylic acids is 1. The van der Waals surface area contributed by atoms with E-state index >= 15 is 0 Å². The number of ketones is 1. The summed E-state index contributed by atoms with van der Waals surface area (Å²) in [4.78, 5) is 12.4. The zero-order valence-electron chi connectivity index (χ0n) is 17.1. The van der Waals surface area contributed by atoms with Crippen molar-refractivity contribution in [1.29, 1.82) is 0 Å². The number of hydrogen-bond acceptors (Lipinski definition) is 7. The molecular formula is C22H23N5O3. The summed E-state index contributed by atoms with van der Waals surface area (Å²) in [5.41, 5.74) is 3.25. The normalized spacial score (nSPS) is 15.4. The van der Waals surface area contributed by atoms with Gasteiger partial charge < -0.3 is 14.8 Å². The summed E-state index contributed by atoms with van der Waals surface area (Å²) in [5.74, 6) is 1.69. The first-order chi connectivity index (χ1) is 14.6. The molecular weight excluding hydrogens is 382 g/mol. The van der Waals surface area contributed by atoms with E-state index in [1.54, 1.807) is 11.6 Å². The van der Waals surface area contributed by atoms with Gasteiger partial charge in [0.05, 0.1) is 6.61 Å². The summed E-state index contributed by atoms with van der Waals surface area (Å²) in [6.07, 6.45) is 0. The standard InChI is InChI=1S/C22H23N5O3/c1-4-29-19-12-17(10-11-18(19)30-13-16-8-6-5-7-9-16)21-20(15(3)28)14(2)23-22-24-25-26-27(21)22/h5-12,21H,4,13H2,1-3H3,(H,23,24,26). The number of tetrazole rings is 1. The maximum absolute atomic E-state index is 12.4. The molecule has 0 fully saturated rings. The second-order valence-corrected chi connectivity index (χ2v) is 6.98. The third kappa shape index (κ3) is 3.76. The molecule has 8 nitrogen and oxygen atoms in total. The summed E-state index contributed by atoms with van der Waals surface area (Å²) < 4.78 is 13.5. The highest BCUT2D eigenvalue weighted by Crippen LogP contribution is 2.38. The van der Waals surface area contributed by atoms with E-state index in [-0.39, 0.29) is 5.78 Å². The Morgan fingerprint density at radius 3 is 2.67 bits per heavy atom. The first kappa shape index (κ1) is 19.6. The monoisotopic (exact) mass is 405 g/mol. The molecule has 1 unspecified atom stereocenters. The van der Waals surface area contributed by atoms with Crippen LogP contribution in [0.3, 0.4) is 0 Å². The lowest BCUT2D eigenvalue weighted by Gasteiger charge is -2.27. The van der Waals surface area contributed by atoms with Gasteiger partial charge in [-0.05, 0) is 54.5 Å². The average Bonchev–Trinajstić information content (AvgIpc) is 3.20. The summed E-state index contributed by atoms with van der Waals surface area (Å²) in [7, 11) is 0. The Hall–Kier alpha value is -3.68. The van der Waals surface area contributed by atoms with E-state index in [0.29, 0.717) is 36.2 Å². The van der Waals surface area contributed by atoms with Crippen molar-refractivity contribution in [3.05, 3.63) is 70.9 Å². The lowest BCUT2D eigenvalue weighted by molar-refractivity contribution is -0.114. The van der Waals surface area contributed by atoms with Crippen LogP contribution in [0.4, 0.5) is 5.95 Å². The zero-order valence-corrected chi connectivity index (χ0v) is 17.1. The second-order valence-electron chi connectivity index (χ2n) is 6.98. The maximum Gasteiger partial charge on any atom is 0.248 e. The van der Waals surface area contributed by atoms with E-state index in [9.17, 15) is 4.79 Å². The Labute approximate surface area is 174 Å². The van der Waals surface area contributed by atoms with Crippen LogP contribution in [0.1, 0.15) is 37.9 Å². The van der Waals surface area contributed by atoms with Crippen LogP contribution in [0.2, 0.25) is 0 Å². The van der Waals surface area contributed by atoms with Gasteiger partial charge in [0.2, 0.25) is 5.95 Å². The Balaban J connectivity index is 1.70. The quantitative estimate of drug-likeness (QED) is 0.643.